The molecule has 0 aromatic carbocycles. The molecule has 0 saturated heterocycles. The molecule has 0 bridgehead atoms. The summed E-state index contributed by atoms with van der Waals surface area (Å²) in [6, 6.07) is 0. The molecule has 0 saturated carbocycles. The van der Waals surface area contributed by atoms with Gasteiger partial charge in [0.1, 0.15) is 6.61 Å². The molecule has 0 amide bonds. The van der Waals surface area contributed by atoms with E-state index < -0.39 is 0 Å². The molecule has 0 aliphatic rings. The Labute approximate surface area is 110 Å². The minimum atomic E-state index is -0.388. The largest absolute Gasteiger partial charge is 0.465 e. The third-order valence-corrected chi connectivity index (χ3v) is 2.68. The Morgan fingerprint density at radius 3 is 2.33 bits per heavy atom. The summed E-state index contributed by atoms with van der Waals surface area (Å²) < 4.78 is 5.19. The summed E-state index contributed by atoms with van der Waals surface area (Å²) >= 11 is 0. The second kappa shape index (κ2) is 9.11. The van der Waals surface area contributed by atoms with Crippen LogP contribution in [0.15, 0.2) is 12.2 Å². The van der Waals surface area contributed by atoms with Crippen molar-refractivity contribution in [2.24, 2.45) is 5.41 Å². The van der Waals surface area contributed by atoms with Gasteiger partial charge in [-0.3, -0.25) is 4.79 Å². The lowest BCUT2D eigenvalue weighted by molar-refractivity contribution is -0.288. The predicted molar refractivity (Wildman–Crippen MR) is 71.0 cm³/mol. The van der Waals surface area contributed by atoms with E-state index in [4.69, 9.17) is 14.5 Å². The maximum absolute atomic E-state index is 11.6. The molecule has 0 heterocycles. The molecular weight excluding hydrogens is 232 g/mol. The summed E-state index contributed by atoms with van der Waals surface area (Å²) in [4.78, 5) is 21.4. The quantitative estimate of drug-likeness (QED) is 0.198. The lowest BCUT2D eigenvalue weighted by Gasteiger charge is -2.20. The van der Waals surface area contributed by atoms with Gasteiger partial charge in [-0.15, -0.1) is 0 Å². The number of hydrogen-bond acceptors (Lipinski definition) is 4. The van der Waals surface area contributed by atoms with Crippen molar-refractivity contribution in [1.82, 2.24) is 0 Å². The highest BCUT2D eigenvalue weighted by Gasteiger charge is 2.26. The first-order chi connectivity index (χ1) is 8.40. The highest BCUT2D eigenvalue weighted by molar-refractivity contribution is 5.75. The van der Waals surface area contributed by atoms with Crippen LogP contribution in [0.1, 0.15) is 47.0 Å². The molecule has 0 aliphatic carbocycles. The average Bonchev–Trinajstić information content (AvgIpc) is 2.31. The van der Waals surface area contributed by atoms with E-state index in [2.05, 4.69) is 6.58 Å². The lowest BCUT2D eigenvalue weighted by Crippen LogP contribution is -2.26. The van der Waals surface area contributed by atoms with Crippen LogP contribution in [0.5, 0.6) is 0 Å². The summed E-state index contributed by atoms with van der Waals surface area (Å²) in [7, 11) is 0. The van der Waals surface area contributed by atoms with Gasteiger partial charge in [-0.1, -0.05) is 19.1 Å². The monoisotopic (exact) mass is 258 g/mol. The van der Waals surface area contributed by atoms with Crippen LogP contribution in [0.25, 0.3) is 0 Å². The van der Waals surface area contributed by atoms with Crippen LogP contribution in [0.3, 0.4) is 0 Å². The summed E-state index contributed by atoms with van der Waals surface area (Å²) in [5, 5.41) is 0. The molecular formula is C14H26O4. The molecule has 0 rings (SSSR count). The number of carbonyl (C=O) groups excluding carboxylic acids is 1. The van der Waals surface area contributed by atoms with Gasteiger partial charge in [-0.2, -0.15) is 0 Å². The molecule has 4 nitrogen and oxygen atoms in total. The fourth-order valence-corrected chi connectivity index (χ4v) is 0.969. The zero-order valence-electron chi connectivity index (χ0n) is 12.1. The molecule has 18 heavy (non-hydrogen) atoms. The van der Waals surface area contributed by atoms with E-state index in [1.165, 1.54) is 0 Å². The van der Waals surface area contributed by atoms with Crippen LogP contribution >= 0.6 is 0 Å². The van der Waals surface area contributed by atoms with E-state index in [9.17, 15) is 4.79 Å². The van der Waals surface area contributed by atoms with Gasteiger partial charge in [-0.25, -0.2) is 9.78 Å². The van der Waals surface area contributed by atoms with Crippen LogP contribution in [0.2, 0.25) is 0 Å². The fraction of sp³-hybridized carbons (Fsp3) is 0.786. The molecule has 0 N–H and O–H groups in total. The molecule has 0 aromatic rings. The van der Waals surface area contributed by atoms with E-state index in [-0.39, 0.29) is 11.4 Å². The Balaban J connectivity index is 3.41. The number of rotatable bonds is 10. The van der Waals surface area contributed by atoms with Crippen LogP contribution < -0.4 is 0 Å². The SMILES string of the molecule is C=C(C)COOCCCCOC(=O)C(C)(C)CC. The average molecular weight is 258 g/mol. The Morgan fingerprint density at radius 1 is 1.17 bits per heavy atom. The highest BCUT2D eigenvalue weighted by atomic mass is 17.2. The topological polar surface area (TPSA) is 44.8 Å². The van der Waals surface area contributed by atoms with Crippen molar-refractivity contribution in [2.45, 2.75) is 47.0 Å². The third-order valence-electron chi connectivity index (χ3n) is 2.68. The molecule has 0 aromatic heterocycles. The number of ether oxygens (including phenoxy) is 1. The Bertz CT molecular complexity index is 259. The molecule has 4 heteroatoms. The molecule has 0 unspecified atom stereocenters. The molecule has 0 aliphatic heterocycles. The van der Waals surface area contributed by atoms with Crippen molar-refractivity contribution in [1.29, 1.82) is 0 Å². The van der Waals surface area contributed by atoms with Crippen LogP contribution in [0, 0.1) is 5.41 Å². The van der Waals surface area contributed by atoms with Gasteiger partial charge >= 0.3 is 5.97 Å². The molecule has 0 radical (unpaired) electrons. The standard InChI is InChI=1S/C14H26O4/c1-6-14(4,5)13(15)16-9-7-8-10-17-18-11-12(2)3/h2,6-11H2,1,3-5H3. The number of unbranched alkanes of at least 4 members (excludes halogenated alkanes) is 1. The van der Waals surface area contributed by atoms with Gasteiger partial charge in [0.05, 0.1) is 18.6 Å². The first-order valence-electron chi connectivity index (χ1n) is 6.46. The van der Waals surface area contributed by atoms with Crippen LogP contribution in [-0.4, -0.2) is 25.8 Å². The smallest absolute Gasteiger partial charge is 0.311 e. The van der Waals surface area contributed by atoms with Crippen molar-refractivity contribution in [3.63, 3.8) is 0 Å². The zero-order valence-corrected chi connectivity index (χ0v) is 12.1. The predicted octanol–water partition coefficient (Wildman–Crippen LogP) is 3.27. The zero-order chi connectivity index (χ0) is 14.0. The van der Waals surface area contributed by atoms with Gasteiger partial charge in [0, 0.05) is 0 Å². The van der Waals surface area contributed by atoms with Crippen molar-refractivity contribution in [2.75, 3.05) is 19.8 Å². The lowest BCUT2D eigenvalue weighted by atomic mass is 9.91. The number of carbonyl (C=O) groups is 1. The van der Waals surface area contributed by atoms with E-state index in [1.54, 1.807) is 0 Å². The van der Waals surface area contributed by atoms with Gasteiger partial charge < -0.3 is 4.74 Å². The van der Waals surface area contributed by atoms with Crippen molar-refractivity contribution in [3.8, 4) is 0 Å². The number of esters is 1. The van der Waals surface area contributed by atoms with Crippen LogP contribution in [-0.2, 0) is 19.3 Å². The first-order valence-corrected chi connectivity index (χ1v) is 6.46. The fourth-order valence-electron chi connectivity index (χ4n) is 0.969. The van der Waals surface area contributed by atoms with Gasteiger partial charge in [0.25, 0.3) is 0 Å². The van der Waals surface area contributed by atoms with Crippen LogP contribution in [0.4, 0.5) is 0 Å². The molecule has 0 fully saturated rings. The minimum Gasteiger partial charge on any atom is -0.465 e. The number of hydrogen-bond donors (Lipinski definition) is 0. The summed E-state index contributed by atoms with van der Waals surface area (Å²) in [5.41, 5.74) is 0.534. The van der Waals surface area contributed by atoms with Crippen molar-refractivity contribution in [3.05, 3.63) is 12.2 Å². The molecule has 0 spiro atoms. The van der Waals surface area contributed by atoms with Gasteiger partial charge in [0.2, 0.25) is 0 Å². The van der Waals surface area contributed by atoms with Crippen molar-refractivity contribution < 1.29 is 19.3 Å². The normalized spacial score (nSPS) is 11.3. The van der Waals surface area contributed by atoms with E-state index in [1.807, 2.05) is 27.7 Å². The molecule has 106 valence electrons. The Morgan fingerprint density at radius 2 is 1.78 bits per heavy atom. The second-order valence-electron chi connectivity index (χ2n) is 5.12. The van der Waals surface area contributed by atoms with E-state index in [0.717, 1.165) is 24.8 Å². The highest BCUT2D eigenvalue weighted by Crippen LogP contribution is 2.21. The Hall–Kier alpha value is -0.870. The van der Waals surface area contributed by atoms with Gasteiger partial charge in [-0.05, 0) is 40.0 Å². The van der Waals surface area contributed by atoms with E-state index in [0.29, 0.717) is 19.8 Å². The minimum absolute atomic E-state index is 0.135. The van der Waals surface area contributed by atoms with Crippen molar-refractivity contribution >= 4 is 5.97 Å². The maximum atomic E-state index is 11.6. The summed E-state index contributed by atoms with van der Waals surface area (Å²) in [5.74, 6) is -0.135. The second-order valence-corrected chi connectivity index (χ2v) is 5.12. The Kier molecular flexibility index (Phi) is 8.67. The first kappa shape index (κ1) is 17.1. The van der Waals surface area contributed by atoms with Gasteiger partial charge in [0.15, 0.2) is 0 Å². The summed E-state index contributed by atoms with van der Waals surface area (Å²) in [6.07, 6.45) is 2.36. The summed E-state index contributed by atoms with van der Waals surface area (Å²) in [6.45, 7) is 12.7. The maximum Gasteiger partial charge on any atom is 0.311 e. The third kappa shape index (κ3) is 8.25. The molecule has 0 atom stereocenters. The van der Waals surface area contributed by atoms with E-state index >= 15 is 0 Å².